The van der Waals surface area contributed by atoms with Crippen LogP contribution in [0.2, 0.25) is 0 Å². The van der Waals surface area contributed by atoms with Crippen LogP contribution in [0.1, 0.15) is 20.7 Å². The van der Waals surface area contributed by atoms with Crippen LogP contribution in [0.5, 0.6) is 11.5 Å². The Morgan fingerprint density at radius 2 is 1.55 bits per heavy atom. The summed E-state index contributed by atoms with van der Waals surface area (Å²) in [5.41, 5.74) is 2.36. The topological polar surface area (TPSA) is 89.5 Å². The maximum atomic E-state index is 12.6. The Bertz CT molecular complexity index is 1250. The van der Waals surface area contributed by atoms with Gasteiger partial charge in [-0.25, -0.2) is 4.98 Å². The fourth-order valence-electron chi connectivity index (χ4n) is 3.00. The Morgan fingerprint density at radius 1 is 0.806 bits per heavy atom. The van der Waals surface area contributed by atoms with E-state index >= 15 is 0 Å². The SMILES string of the molecule is COc1ccc(C(=O)Nc2ccc3nc(NC(=O)c4ccccc4)sc3c2)cc1OC. The number of ether oxygens (including phenoxy) is 2. The monoisotopic (exact) mass is 433 g/mol. The van der Waals surface area contributed by atoms with Gasteiger partial charge in [-0.1, -0.05) is 29.5 Å². The molecule has 3 aromatic carbocycles. The van der Waals surface area contributed by atoms with E-state index in [4.69, 9.17) is 9.47 Å². The van der Waals surface area contributed by atoms with E-state index < -0.39 is 0 Å². The molecule has 0 spiro atoms. The highest BCUT2D eigenvalue weighted by atomic mass is 32.1. The van der Waals surface area contributed by atoms with Crippen LogP contribution in [0.3, 0.4) is 0 Å². The van der Waals surface area contributed by atoms with Crippen molar-refractivity contribution in [1.82, 2.24) is 4.98 Å². The summed E-state index contributed by atoms with van der Waals surface area (Å²) >= 11 is 1.34. The third-order valence-electron chi connectivity index (χ3n) is 4.55. The number of fused-ring (bicyclic) bond motifs is 1. The van der Waals surface area contributed by atoms with Crippen molar-refractivity contribution in [1.29, 1.82) is 0 Å². The van der Waals surface area contributed by atoms with E-state index in [-0.39, 0.29) is 11.8 Å². The van der Waals surface area contributed by atoms with Crippen molar-refractivity contribution in [2.75, 3.05) is 24.9 Å². The lowest BCUT2D eigenvalue weighted by atomic mass is 10.2. The quantitative estimate of drug-likeness (QED) is 0.455. The van der Waals surface area contributed by atoms with Gasteiger partial charge in [0.1, 0.15) is 0 Å². The van der Waals surface area contributed by atoms with Gasteiger partial charge in [-0.3, -0.25) is 14.9 Å². The van der Waals surface area contributed by atoms with Crippen molar-refractivity contribution < 1.29 is 19.1 Å². The number of methoxy groups -OCH3 is 2. The fraction of sp³-hybridized carbons (Fsp3) is 0.0870. The first kappa shape index (κ1) is 20.4. The van der Waals surface area contributed by atoms with Crippen molar-refractivity contribution in [2.45, 2.75) is 0 Å². The average molecular weight is 433 g/mol. The van der Waals surface area contributed by atoms with Gasteiger partial charge >= 0.3 is 0 Å². The molecule has 2 N–H and O–H groups in total. The van der Waals surface area contributed by atoms with Gasteiger partial charge < -0.3 is 14.8 Å². The van der Waals surface area contributed by atoms with Gasteiger partial charge in [-0.05, 0) is 48.5 Å². The molecule has 0 atom stereocenters. The second kappa shape index (κ2) is 8.85. The van der Waals surface area contributed by atoms with Crippen molar-refractivity contribution in [2.24, 2.45) is 0 Å². The third kappa shape index (κ3) is 4.49. The lowest BCUT2D eigenvalue weighted by molar-refractivity contribution is 0.101. The average Bonchev–Trinajstić information content (AvgIpc) is 3.20. The van der Waals surface area contributed by atoms with E-state index in [1.54, 1.807) is 61.7 Å². The Kier molecular flexibility index (Phi) is 5.81. The van der Waals surface area contributed by atoms with E-state index in [0.717, 1.165) is 10.2 Å². The molecular weight excluding hydrogens is 414 g/mol. The van der Waals surface area contributed by atoms with Crippen LogP contribution in [0.15, 0.2) is 66.7 Å². The first-order valence-corrected chi connectivity index (χ1v) is 10.2. The highest BCUT2D eigenvalue weighted by Gasteiger charge is 2.13. The van der Waals surface area contributed by atoms with Crippen molar-refractivity contribution in [3.05, 3.63) is 77.9 Å². The summed E-state index contributed by atoms with van der Waals surface area (Å²) in [6.07, 6.45) is 0. The second-order valence-electron chi connectivity index (χ2n) is 6.55. The maximum absolute atomic E-state index is 12.6. The molecule has 7 nitrogen and oxygen atoms in total. The second-order valence-corrected chi connectivity index (χ2v) is 7.58. The predicted molar refractivity (Wildman–Crippen MR) is 122 cm³/mol. The highest BCUT2D eigenvalue weighted by Crippen LogP contribution is 2.30. The van der Waals surface area contributed by atoms with Crippen molar-refractivity contribution >= 4 is 44.2 Å². The number of nitrogens with one attached hydrogen (secondary N) is 2. The van der Waals surface area contributed by atoms with Crippen molar-refractivity contribution in [3.8, 4) is 11.5 Å². The number of aromatic nitrogens is 1. The minimum absolute atomic E-state index is 0.221. The number of carbonyl (C=O) groups excluding carboxylic acids is 2. The molecule has 31 heavy (non-hydrogen) atoms. The lowest BCUT2D eigenvalue weighted by Gasteiger charge is -2.10. The van der Waals surface area contributed by atoms with E-state index in [1.807, 2.05) is 12.1 Å². The molecule has 4 rings (SSSR count). The van der Waals surface area contributed by atoms with Crippen LogP contribution in [0.4, 0.5) is 10.8 Å². The molecule has 1 aromatic heterocycles. The molecule has 0 radical (unpaired) electrons. The largest absolute Gasteiger partial charge is 0.493 e. The summed E-state index contributed by atoms with van der Waals surface area (Å²) in [5, 5.41) is 6.18. The maximum Gasteiger partial charge on any atom is 0.257 e. The zero-order chi connectivity index (χ0) is 21.8. The van der Waals surface area contributed by atoms with Gasteiger partial charge in [0.15, 0.2) is 16.6 Å². The number of benzene rings is 3. The molecule has 4 aromatic rings. The van der Waals surface area contributed by atoms with E-state index in [0.29, 0.717) is 33.4 Å². The first-order valence-electron chi connectivity index (χ1n) is 9.38. The molecule has 0 saturated heterocycles. The summed E-state index contributed by atoms with van der Waals surface area (Å²) in [6.45, 7) is 0. The number of anilines is 2. The van der Waals surface area contributed by atoms with Crippen LogP contribution in [-0.2, 0) is 0 Å². The molecule has 156 valence electrons. The number of hydrogen-bond acceptors (Lipinski definition) is 6. The van der Waals surface area contributed by atoms with Gasteiger partial charge in [-0.15, -0.1) is 0 Å². The van der Waals surface area contributed by atoms with E-state index in [1.165, 1.54) is 18.4 Å². The molecule has 0 bridgehead atoms. The summed E-state index contributed by atoms with van der Waals surface area (Å²) in [5.74, 6) is 0.533. The molecule has 0 unspecified atom stereocenters. The predicted octanol–water partition coefficient (Wildman–Crippen LogP) is 4.82. The van der Waals surface area contributed by atoms with Crippen LogP contribution in [0, 0.1) is 0 Å². The molecule has 2 amide bonds. The number of hydrogen-bond donors (Lipinski definition) is 2. The van der Waals surface area contributed by atoms with Crippen molar-refractivity contribution in [3.63, 3.8) is 0 Å². The molecule has 0 aliphatic carbocycles. The van der Waals surface area contributed by atoms with Crippen LogP contribution < -0.4 is 20.1 Å². The Morgan fingerprint density at radius 3 is 2.29 bits per heavy atom. The van der Waals surface area contributed by atoms with Gasteiger partial charge in [-0.2, -0.15) is 0 Å². The standard InChI is InChI=1S/C23H19N3O4S/c1-29-18-11-8-15(12-19(18)30-2)22(28)24-16-9-10-17-20(13-16)31-23(25-17)26-21(27)14-6-4-3-5-7-14/h3-13H,1-2H3,(H,24,28)(H,25,26,27). The van der Waals surface area contributed by atoms with Gasteiger partial charge in [0.05, 0.1) is 24.4 Å². The third-order valence-corrected chi connectivity index (χ3v) is 5.48. The number of thiazole rings is 1. The van der Waals surface area contributed by atoms with E-state index in [2.05, 4.69) is 15.6 Å². The number of rotatable bonds is 6. The number of amides is 2. The molecule has 0 fully saturated rings. The summed E-state index contributed by atoms with van der Waals surface area (Å²) < 4.78 is 11.3. The van der Waals surface area contributed by atoms with Gasteiger partial charge in [0.2, 0.25) is 0 Å². The highest BCUT2D eigenvalue weighted by molar-refractivity contribution is 7.22. The minimum atomic E-state index is -0.276. The molecule has 8 heteroatoms. The normalized spacial score (nSPS) is 10.5. The summed E-state index contributed by atoms with van der Waals surface area (Å²) in [6, 6.07) is 19.3. The van der Waals surface area contributed by atoms with E-state index in [9.17, 15) is 9.59 Å². The number of nitrogens with zero attached hydrogens (tertiary/aromatic N) is 1. The zero-order valence-electron chi connectivity index (χ0n) is 16.8. The minimum Gasteiger partial charge on any atom is -0.493 e. The fourth-order valence-corrected chi connectivity index (χ4v) is 3.90. The zero-order valence-corrected chi connectivity index (χ0v) is 17.7. The first-order chi connectivity index (χ1) is 15.1. The van der Waals surface area contributed by atoms with Crippen LogP contribution in [0.25, 0.3) is 10.2 Å². The summed E-state index contributed by atoms with van der Waals surface area (Å²) in [7, 11) is 3.06. The molecule has 0 aliphatic rings. The van der Waals surface area contributed by atoms with Crippen LogP contribution in [-0.4, -0.2) is 31.0 Å². The molecule has 0 aliphatic heterocycles. The Labute approximate surface area is 182 Å². The van der Waals surface area contributed by atoms with Gasteiger partial charge in [0, 0.05) is 16.8 Å². The molecule has 1 heterocycles. The Balaban J connectivity index is 1.50. The molecular formula is C23H19N3O4S. The Hall–Kier alpha value is -3.91. The lowest BCUT2D eigenvalue weighted by Crippen LogP contribution is -2.12. The van der Waals surface area contributed by atoms with Crippen LogP contribution >= 0.6 is 11.3 Å². The summed E-state index contributed by atoms with van der Waals surface area (Å²) in [4.78, 5) is 29.4. The number of carbonyl (C=O) groups is 2. The smallest absolute Gasteiger partial charge is 0.257 e. The van der Waals surface area contributed by atoms with Gasteiger partial charge in [0.25, 0.3) is 11.8 Å². The molecule has 0 saturated carbocycles.